The fourth-order valence-electron chi connectivity index (χ4n) is 3.01. The molecule has 0 aromatic heterocycles. The van der Waals surface area contributed by atoms with Crippen LogP contribution >= 0.6 is 0 Å². The van der Waals surface area contributed by atoms with E-state index in [-0.39, 0.29) is 5.69 Å². The summed E-state index contributed by atoms with van der Waals surface area (Å²) in [6.45, 7) is 0.373. The first-order chi connectivity index (χ1) is 12.8. The largest absolute Gasteiger partial charge is 0.378 e. The van der Waals surface area contributed by atoms with Gasteiger partial charge in [0, 0.05) is 19.2 Å². The number of hydrogen-bond acceptors (Lipinski definition) is 4. The van der Waals surface area contributed by atoms with Crippen molar-refractivity contribution >= 4 is 21.6 Å². The summed E-state index contributed by atoms with van der Waals surface area (Å²) < 4.78 is 56.8. The Kier molecular flexibility index (Phi) is 7.97. The van der Waals surface area contributed by atoms with Crippen LogP contribution in [0.3, 0.4) is 0 Å². The van der Waals surface area contributed by atoms with Gasteiger partial charge < -0.3 is 10.1 Å². The number of nitrogens with one attached hydrogen (secondary N) is 1. The fourth-order valence-corrected chi connectivity index (χ4v) is 3.86. The first-order valence-corrected chi connectivity index (χ1v) is 10.9. The normalized spacial score (nSPS) is 15.5. The van der Waals surface area contributed by atoms with Gasteiger partial charge in [-0.2, -0.15) is 0 Å². The molecule has 27 heavy (non-hydrogen) atoms. The molecular weight excluding hydrogens is 378 g/mol. The Morgan fingerprint density at radius 1 is 1.22 bits per heavy atom. The van der Waals surface area contributed by atoms with Gasteiger partial charge in [0.1, 0.15) is 6.54 Å². The van der Waals surface area contributed by atoms with Crippen molar-refractivity contribution in [3.8, 4) is 0 Å². The Labute approximate surface area is 158 Å². The molecule has 152 valence electrons. The average molecular weight is 404 g/mol. The summed E-state index contributed by atoms with van der Waals surface area (Å²) in [6.07, 6.45) is 7.59. The molecule has 0 heterocycles. The highest BCUT2D eigenvalue weighted by Crippen LogP contribution is 2.21. The van der Waals surface area contributed by atoms with Gasteiger partial charge >= 0.3 is 0 Å². The number of halogens is 2. The van der Waals surface area contributed by atoms with E-state index in [0.29, 0.717) is 25.7 Å². The van der Waals surface area contributed by atoms with Crippen LogP contribution in [0.25, 0.3) is 0 Å². The summed E-state index contributed by atoms with van der Waals surface area (Å²) in [5.74, 6) is -2.79. The summed E-state index contributed by atoms with van der Waals surface area (Å²) >= 11 is 0. The number of benzene rings is 1. The van der Waals surface area contributed by atoms with Crippen molar-refractivity contribution in [2.45, 2.75) is 44.6 Å². The van der Waals surface area contributed by atoms with Crippen molar-refractivity contribution in [2.24, 2.45) is 0 Å². The molecule has 0 radical (unpaired) electrons. The zero-order valence-corrected chi connectivity index (χ0v) is 16.2. The number of ether oxygens (including phenoxy) is 1. The lowest BCUT2D eigenvalue weighted by molar-refractivity contribution is -0.119. The number of anilines is 1. The van der Waals surface area contributed by atoms with Gasteiger partial charge in [0.05, 0.1) is 18.0 Å². The zero-order chi connectivity index (χ0) is 19.9. The molecule has 1 aliphatic rings. The molecule has 9 heteroatoms. The molecule has 0 aliphatic heterocycles. The standard InChI is InChI=1S/C18H26F2N2O4S/c1-27(24,25)22(14-8-9-16(19)17(20)12-14)13-18(23)21-10-5-11-26-15-6-3-2-4-7-15/h8-9,12,15H,2-7,10-11,13H2,1H3,(H,21,23). The predicted molar refractivity (Wildman–Crippen MR) is 99.0 cm³/mol. The Hall–Kier alpha value is -1.74. The van der Waals surface area contributed by atoms with Gasteiger partial charge in [-0.05, 0) is 31.4 Å². The number of carbonyl (C=O) groups excluding carboxylic acids is 1. The Morgan fingerprint density at radius 2 is 1.93 bits per heavy atom. The molecule has 0 saturated heterocycles. The fraction of sp³-hybridized carbons (Fsp3) is 0.611. The van der Waals surface area contributed by atoms with Crippen molar-refractivity contribution in [1.82, 2.24) is 5.32 Å². The quantitative estimate of drug-likeness (QED) is 0.642. The molecule has 0 spiro atoms. The molecule has 1 N–H and O–H groups in total. The topological polar surface area (TPSA) is 75.7 Å². The smallest absolute Gasteiger partial charge is 0.240 e. The van der Waals surface area contributed by atoms with E-state index in [0.717, 1.165) is 41.6 Å². The van der Waals surface area contributed by atoms with Crippen molar-refractivity contribution in [3.63, 3.8) is 0 Å². The summed E-state index contributed by atoms with van der Waals surface area (Å²) in [7, 11) is -3.83. The van der Waals surface area contributed by atoms with Crippen LogP contribution in [0.4, 0.5) is 14.5 Å². The number of carbonyl (C=O) groups is 1. The summed E-state index contributed by atoms with van der Waals surface area (Å²) in [5, 5.41) is 2.63. The monoisotopic (exact) mass is 404 g/mol. The SMILES string of the molecule is CS(=O)(=O)N(CC(=O)NCCCOC1CCCCC1)c1ccc(F)c(F)c1. The molecule has 0 atom stereocenters. The third-order valence-corrected chi connectivity index (χ3v) is 5.57. The summed E-state index contributed by atoms with van der Waals surface area (Å²) in [5.41, 5.74) is -0.104. The maximum Gasteiger partial charge on any atom is 0.240 e. The molecular formula is C18H26F2N2O4S. The predicted octanol–water partition coefficient (Wildman–Crippen LogP) is 2.59. The molecule has 1 fully saturated rings. The van der Waals surface area contributed by atoms with E-state index in [2.05, 4.69) is 5.32 Å². The number of hydrogen-bond donors (Lipinski definition) is 1. The van der Waals surface area contributed by atoms with E-state index >= 15 is 0 Å². The van der Waals surface area contributed by atoms with Crippen LogP contribution in [0.2, 0.25) is 0 Å². The van der Waals surface area contributed by atoms with E-state index in [9.17, 15) is 22.0 Å². The van der Waals surface area contributed by atoms with Gasteiger partial charge in [-0.25, -0.2) is 17.2 Å². The van der Waals surface area contributed by atoms with Crippen LogP contribution < -0.4 is 9.62 Å². The minimum atomic E-state index is -3.83. The van der Waals surface area contributed by atoms with Crippen LogP contribution in [0, 0.1) is 11.6 Å². The third kappa shape index (κ3) is 7.06. The zero-order valence-electron chi connectivity index (χ0n) is 15.4. The molecule has 1 saturated carbocycles. The van der Waals surface area contributed by atoms with Crippen LogP contribution in [0.1, 0.15) is 38.5 Å². The minimum absolute atomic E-state index is 0.104. The lowest BCUT2D eigenvalue weighted by Crippen LogP contribution is -2.40. The molecule has 0 unspecified atom stereocenters. The van der Waals surface area contributed by atoms with Crippen molar-refractivity contribution < 1.29 is 26.7 Å². The minimum Gasteiger partial charge on any atom is -0.378 e. The highest BCUT2D eigenvalue weighted by molar-refractivity contribution is 7.92. The van der Waals surface area contributed by atoms with Crippen LogP contribution in [0.15, 0.2) is 18.2 Å². The molecule has 6 nitrogen and oxygen atoms in total. The van der Waals surface area contributed by atoms with E-state index in [1.165, 1.54) is 19.3 Å². The number of rotatable bonds is 9. The van der Waals surface area contributed by atoms with Crippen LogP contribution in [-0.2, 0) is 19.6 Å². The van der Waals surface area contributed by atoms with Gasteiger partial charge in [0.15, 0.2) is 11.6 Å². The molecule has 1 aliphatic carbocycles. The number of nitrogens with zero attached hydrogens (tertiary/aromatic N) is 1. The molecule has 1 aromatic rings. The van der Waals surface area contributed by atoms with Gasteiger partial charge in [-0.1, -0.05) is 19.3 Å². The second-order valence-corrected chi connectivity index (χ2v) is 8.61. The van der Waals surface area contributed by atoms with Crippen LogP contribution in [-0.4, -0.2) is 46.4 Å². The third-order valence-electron chi connectivity index (χ3n) is 4.43. The van der Waals surface area contributed by atoms with Crippen molar-refractivity contribution in [1.29, 1.82) is 0 Å². The van der Waals surface area contributed by atoms with Crippen molar-refractivity contribution in [3.05, 3.63) is 29.8 Å². The second kappa shape index (κ2) is 9.98. The Morgan fingerprint density at radius 3 is 2.56 bits per heavy atom. The highest BCUT2D eigenvalue weighted by Gasteiger charge is 2.22. The first kappa shape index (κ1) is 21.6. The Bertz CT molecular complexity index is 737. The highest BCUT2D eigenvalue weighted by atomic mass is 32.2. The van der Waals surface area contributed by atoms with E-state index in [4.69, 9.17) is 4.74 Å². The molecule has 2 rings (SSSR count). The van der Waals surface area contributed by atoms with E-state index in [1.54, 1.807) is 0 Å². The maximum atomic E-state index is 13.4. The first-order valence-electron chi connectivity index (χ1n) is 9.08. The average Bonchev–Trinajstić information content (AvgIpc) is 2.62. The van der Waals surface area contributed by atoms with E-state index in [1.807, 2.05) is 0 Å². The summed E-state index contributed by atoms with van der Waals surface area (Å²) in [6, 6.07) is 2.69. The van der Waals surface area contributed by atoms with Gasteiger partial charge in [-0.3, -0.25) is 9.10 Å². The van der Waals surface area contributed by atoms with Gasteiger partial charge in [-0.15, -0.1) is 0 Å². The lowest BCUT2D eigenvalue weighted by atomic mass is 9.98. The maximum absolute atomic E-state index is 13.4. The number of amides is 1. The van der Waals surface area contributed by atoms with Crippen LogP contribution in [0.5, 0.6) is 0 Å². The van der Waals surface area contributed by atoms with Gasteiger partial charge in [0.2, 0.25) is 15.9 Å². The molecule has 0 bridgehead atoms. The van der Waals surface area contributed by atoms with E-state index < -0.39 is 34.1 Å². The second-order valence-electron chi connectivity index (χ2n) is 6.70. The Balaban J connectivity index is 1.80. The lowest BCUT2D eigenvalue weighted by Gasteiger charge is -2.23. The number of sulfonamides is 1. The van der Waals surface area contributed by atoms with Gasteiger partial charge in [0.25, 0.3) is 0 Å². The van der Waals surface area contributed by atoms with Crippen molar-refractivity contribution in [2.75, 3.05) is 30.3 Å². The molecule has 1 aromatic carbocycles. The molecule has 1 amide bonds. The summed E-state index contributed by atoms with van der Waals surface area (Å²) in [4.78, 5) is 12.1.